The standard InChI is InChI=1S/C12H16N2O4/c1-8-7-18-10(6-15)5-14(8)12(17)9-2-3-11(16)13-4-9/h2-4,8,10,15H,5-7H2,1H3,(H,13,16). The number of amides is 1. The fourth-order valence-corrected chi connectivity index (χ4v) is 1.92. The Hall–Kier alpha value is -1.66. The van der Waals surface area contributed by atoms with Crippen molar-refractivity contribution in [1.82, 2.24) is 9.88 Å². The zero-order valence-electron chi connectivity index (χ0n) is 10.1. The van der Waals surface area contributed by atoms with Crippen LogP contribution in [0.25, 0.3) is 0 Å². The molecule has 1 saturated heterocycles. The third kappa shape index (κ3) is 2.60. The van der Waals surface area contributed by atoms with Gasteiger partial charge in [-0.15, -0.1) is 0 Å². The number of rotatable bonds is 2. The molecule has 6 heteroatoms. The fourth-order valence-electron chi connectivity index (χ4n) is 1.92. The van der Waals surface area contributed by atoms with Crippen molar-refractivity contribution in [3.63, 3.8) is 0 Å². The maximum absolute atomic E-state index is 12.2. The minimum atomic E-state index is -0.340. The van der Waals surface area contributed by atoms with Gasteiger partial charge in [0.25, 0.3) is 5.91 Å². The van der Waals surface area contributed by atoms with Crippen LogP contribution in [0.1, 0.15) is 17.3 Å². The summed E-state index contributed by atoms with van der Waals surface area (Å²) in [5.41, 5.74) is 0.190. The maximum atomic E-state index is 12.2. The summed E-state index contributed by atoms with van der Waals surface area (Å²) < 4.78 is 5.37. The van der Waals surface area contributed by atoms with Crippen LogP contribution in [0.4, 0.5) is 0 Å². The monoisotopic (exact) mass is 252 g/mol. The minimum absolute atomic E-state index is 0.0489. The summed E-state index contributed by atoms with van der Waals surface area (Å²) >= 11 is 0. The first-order valence-corrected chi connectivity index (χ1v) is 5.84. The Morgan fingerprint density at radius 2 is 2.39 bits per heavy atom. The molecule has 18 heavy (non-hydrogen) atoms. The summed E-state index contributed by atoms with van der Waals surface area (Å²) in [5.74, 6) is -0.166. The average Bonchev–Trinajstić information content (AvgIpc) is 2.39. The molecule has 2 heterocycles. The van der Waals surface area contributed by atoms with Gasteiger partial charge in [-0.3, -0.25) is 9.59 Å². The molecule has 6 nitrogen and oxygen atoms in total. The highest BCUT2D eigenvalue weighted by atomic mass is 16.5. The Balaban J connectivity index is 2.16. The molecular formula is C12H16N2O4. The van der Waals surface area contributed by atoms with E-state index >= 15 is 0 Å². The van der Waals surface area contributed by atoms with E-state index in [1.807, 2.05) is 6.92 Å². The van der Waals surface area contributed by atoms with Crippen molar-refractivity contribution in [2.45, 2.75) is 19.1 Å². The van der Waals surface area contributed by atoms with Gasteiger partial charge >= 0.3 is 0 Å². The van der Waals surface area contributed by atoms with Crippen LogP contribution < -0.4 is 5.56 Å². The van der Waals surface area contributed by atoms with E-state index in [1.54, 1.807) is 4.90 Å². The summed E-state index contributed by atoms with van der Waals surface area (Å²) in [5, 5.41) is 9.07. The Morgan fingerprint density at radius 3 is 3.00 bits per heavy atom. The Labute approximate surface area is 104 Å². The summed E-state index contributed by atoms with van der Waals surface area (Å²) in [6.45, 7) is 2.54. The SMILES string of the molecule is CC1COC(CO)CN1C(=O)c1ccc(=O)[nH]c1. The molecule has 2 N–H and O–H groups in total. The number of nitrogens with one attached hydrogen (secondary N) is 1. The number of aromatic amines is 1. The second kappa shape index (κ2) is 5.32. The molecular weight excluding hydrogens is 236 g/mol. The molecule has 98 valence electrons. The Kier molecular flexibility index (Phi) is 3.78. The van der Waals surface area contributed by atoms with Crippen LogP contribution in [0.15, 0.2) is 23.1 Å². The van der Waals surface area contributed by atoms with Crippen molar-refractivity contribution < 1.29 is 14.6 Å². The summed E-state index contributed by atoms with van der Waals surface area (Å²) in [6, 6.07) is 2.77. The van der Waals surface area contributed by atoms with E-state index in [0.717, 1.165) is 0 Å². The van der Waals surface area contributed by atoms with Crippen LogP contribution in [0.5, 0.6) is 0 Å². The lowest BCUT2D eigenvalue weighted by Gasteiger charge is -2.37. The first-order valence-electron chi connectivity index (χ1n) is 5.84. The van der Waals surface area contributed by atoms with Gasteiger partial charge in [-0.1, -0.05) is 0 Å². The first kappa shape index (κ1) is 12.8. The molecule has 1 aliphatic heterocycles. The molecule has 2 rings (SSSR count). The van der Waals surface area contributed by atoms with Crippen LogP contribution in [0.3, 0.4) is 0 Å². The van der Waals surface area contributed by atoms with Crippen LogP contribution >= 0.6 is 0 Å². The quantitative estimate of drug-likeness (QED) is 0.750. The molecule has 1 amide bonds. The first-order chi connectivity index (χ1) is 8.61. The Morgan fingerprint density at radius 1 is 1.61 bits per heavy atom. The van der Waals surface area contributed by atoms with Crippen molar-refractivity contribution in [3.8, 4) is 0 Å². The topological polar surface area (TPSA) is 82.6 Å². The number of hydrogen-bond acceptors (Lipinski definition) is 4. The maximum Gasteiger partial charge on any atom is 0.255 e. The zero-order valence-corrected chi connectivity index (χ0v) is 10.1. The van der Waals surface area contributed by atoms with Crippen LogP contribution in [0.2, 0.25) is 0 Å². The number of ether oxygens (including phenoxy) is 1. The van der Waals surface area contributed by atoms with E-state index in [-0.39, 0.29) is 30.2 Å². The second-order valence-electron chi connectivity index (χ2n) is 4.39. The minimum Gasteiger partial charge on any atom is -0.394 e. The van der Waals surface area contributed by atoms with Crippen LogP contribution in [-0.2, 0) is 4.74 Å². The van der Waals surface area contributed by atoms with Gasteiger partial charge in [0, 0.05) is 18.8 Å². The third-order valence-electron chi connectivity index (χ3n) is 3.00. The molecule has 0 radical (unpaired) electrons. The molecule has 0 aliphatic carbocycles. The highest BCUT2D eigenvalue weighted by Crippen LogP contribution is 2.14. The molecule has 1 aromatic rings. The van der Waals surface area contributed by atoms with Gasteiger partial charge in [0.2, 0.25) is 5.56 Å². The number of nitrogens with zero attached hydrogens (tertiary/aromatic N) is 1. The Bertz CT molecular complexity index is 465. The lowest BCUT2D eigenvalue weighted by atomic mass is 10.1. The number of aliphatic hydroxyl groups excluding tert-OH is 1. The molecule has 1 fully saturated rings. The summed E-state index contributed by atoms with van der Waals surface area (Å²) in [6.07, 6.45) is 1.06. The van der Waals surface area contributed by atoms with E-state index in [9.17, 15) is 9.59 Å². The highest BCUT2D eigenvalue weighted by molar-refractivity contribution is 5.94. The molecule has 2 atom stereocenters. The number of carbonyl (C=O) groups is 1. The van der Waals surface area contributed by atoms with Gasteiger partial charge < -0.3 is 19.7 Å². The van der Waals surface area contributed by atoms with Crippen LogP contribution in [0, 0.1) is 0 Å². The van der Waals surface area contributed by atoms with E-state index in [2.05, 4.69) is 4.98 Å². The van der Waals surface area contributed by atoms with E-state index < -0.39 is 0 Å². The zero-order chi connectivity index (χ0) is 13.1. The predicted molar refractivity (Wildman–Crippen MR) is 64.4 cm³/mol. The molecule has 1 aromatic heterocycles. The molecule has 2 unspecified atom stereocenters. The van der Waals surface area contributed by atoms with Gasteiger partial charge in [0.05, 0.1) is 30.9 Å². The molecule has 0 bridgehead atoms. The number of aromatic nitrogens is 1. The fraction of sp³-hybridized carbons (Fsp3) is 0.500. The number of carbonyl (C=O) groups excluding carboxylic acids is 1. The van der Waals surface area contributed by atoms with Gasteiger partial charge in [-0.25, -0.2) is 0 Å². The third-order valence-corrected chi connectivity index (χ3v) is 3.00. The lowest BCUT2D eigenvalue weighted by molar-refractivity contribution is -0.0667. The number of aliphatic hydroxyl groups is 1. The van der Waals surface area contributed by atoms with Crippen LogP contribution in [-0.4, -0.2) is 52.8 Å². The van der Waals surface area contributed by atoms with Gasteiger partial charge in [0.15, 0.2) is 0 Å². The molecule has 0 saturated carbocycles. The number of hydrogen-bond donors (Lipinski definition) is 2. The largest absolute Gasteiger partial charge is 0.394 e. The predicted octanol–water partition coefficient (Wildman–Crippen LogP) is -0.403. The van der Waals surface area contributed by atoms with Crippen molar-refractivity contribution in [2.24, 2.45) is 0 Å². The van der Waals surface area contributed by atoms with Crippen molar-refractivity contribution in [2.75, 3.05) is 19.8 Å². The summed E-state index contributed by atoms with van der Waals surface area (Å²) in [4.78, 5) is 27.3. The molecule has 0 aromatic carbocycles. The van der Waals surface area contributed by atoms with Crippen molar-refractivity contribution in [1.29, 1.82) is 0 Å². The molecule has 1 aliphatic rings. The average molecular weight is 252 g/mol. The van der Waals surface area contributed by atoms with Gasteiger partial charge in [-0.05, 0) is 13.0 Å². The highest BCUT2D eigenvalue weighted by Gasteiger charge is 2.29. The van der Waals surface area contributed by atoms with Crippen molar-refractivity contribution >= 4 is 5.91 Å². The smallest absolute Gasteiger partial charge is 0.255 e. The number of morpholine rings is 1. The lowest BCUT2D eigenvalue weighted by Crippen LogP contribution is -2.52. The number of pyridine rings is 1. The number of H-pyrrole nitrogens is 1. The van der Waals surface area contributed by atoms with Gasteiger partial charge in [-0.2, -0.15) is 0 Å². The van der Waals surface area contributed by atoms with E-state index in [0.29, 0.717) is 18.7 Å². The summed E-state index contributed by atoms with van der Waals surface area (Å²) in [7, 11) is 0. The van der Waals surface area contributed by atoms with E-state index in [1.165, 1.54) is 18.3 Å². The normalized spacial score (nSPS) is 24.0. The molecule has 0 spiro atoms. The second-order valence-corrected chi connectivity index (χ2v) is 4.39. The van der Waals surface area contributed by atoms with Gasteiger partial charge in [0.1, 0.15) is 0 Å². The van der Waals surface area contributed by atoms with E-state index in [4.69, 9.17) is 9.84 Å². The van der Waals surface area contributed by atoms with Crippen molar-refractivity contribution in [3.05, 3.63) is 34.2 Å².